The molecule has 1 aliphatic rings. The Morgan fingerprint density at radius 1 is 0.929 bits per heavy atom. The molecule has 0 radical (unpaired) electrons. The zero-order valence-corrected chi connectivity index (χ0v) is 10.1. The molecule has 0 saturated carbocycles. The van der Waals surface area contributed by atoms with Crippen LogP contribution in [-0.2, 0) is 9.47 Å². The fourth-order valence-electron chi connectivity index (χ4n) is 2.24. The van der Waals surface area contributed by atoms with Crippen LogP contribution in [-0.4, -0.2) is 18.0 Å². The molecule has 2 heteroatoms. The SMILES string of the molecule is CCC1(CC)CCOC(CC)(CC)O1. The van der Waals surface area contributed by atoms with Gasteiger partial charge in [0.2, 0.25) is 0 Å². The summed E-state index contributed by atoms with van der Waals surface area (Å²) in [6.07, 6.45) is 5.13. The van der Waals surface area contributed by atoms with Gasteiger partial charge in [-0.25, -0.2) is 0 Å². The second kappa shape index (κ2) is 4.63. The third-order valence-electron chi connectivity index (χ3n) is 3.69. The minimum atomic E-state index is -0.301. The summed E-state index contributed by atoms with van der Waals surface area (Å²) in [5, 5.41) is 0. The maximum absolute atomic E-state index is 6.24. The van der Waals surface area contributed by atoms with E-state index in [1.54, 1.807) is 0 Å². The highest BCUT2D eigenvalue weighted by molar-refractivity contribution is 4.85. The van der Waals surface area contributed by atoms with Crippen LogP contribution in [0.2, 0.25) is 0 Å². The van der Waals surface area contributed by atoms with Crippen molar-refractivity contribution < 1.29 is 9.47 Å². The third-order valence-corrected chi connectivity index (χ3v) is 3.69. The lowest BCUT2D eigenvalue weighted by Crippen LogP contribution is -2.50. The van der Waals surface area contributed by atoms with Crippen LogP contribution >= 0.6 is 0 Å². The van der Waals surface area contributed by atoms with Crippen LogP contribution in [0, 0.1) is 0 Å². The van der Waals surface area contributed by atoms with Gasteiger partial charge >= 0.3 is 0 Å². The van der Waals surface area contributed by atoms with Crippen molar-refractivity contribution in [1.82, 2.24) is 0 Å². The Morgan fingerprint density at radius 2 is 1.50 bits per heavy atom. The minimum Gasteiger partial charge on any atom is -0.350 e. The van der Waals surface area contributed by atoms with E-state index in [1.807, 2.05) is 0 Å². The van der Waals surface area contributed by atoms with Crippen LogP contribution in [0.5, 0.6) is 0 Å². The topological polar surface area (TPSA) is 18.5 Å². The molecule has 84 valence electrons. The summed E-state index contributed by atoms with van der Waals surface area (Å²) in [5.74, 6) is -0.301. The molecular formula is C12H24O2. The Bertz CT molecular complexity index is 151. The second-order valence-electron chi connectivity index (χ2n) is 4.21. The molecule has 0 aliphatic carbocycles. The van der Waals surface area contributed by atoms with Crippen molar-refractivity contribution in [1.29, 1.82) is 0 Å². The molecule has 0 spiro atoms. The van der Waals surface area contributed by atoms with Crippen molar-refractivity contribution >= 4 is 0 Å². The maximum Gasteiger partial charge on any atom is 0.168 e. The van der Waals surface area contributed by atoms with E-state index < -0.39 is 0 Å². The molecule has 1 rings (SSSR count). The predicted molar refractivity (Wildman–Crippen MR) is 58.3 cm³/mol. The molecule has 0 aromatic carbocycles. The van der Waals surface area contributed by atoms with E-state index in [9.17, 15) is 0 Å². The molecular weight excluding hydrogens is 176 g/mol. The molecule has 0 aromatic heterocycles. The Kier molecular flexibility index (Phi) is 3.96. The van der Waals surface area contributed by atoms with E-state index >= 15 is 0 Å². The molecule has 0 unspecified atom stereocenters. The van der Waals surface area contributed by atoms with Gasteiger partial charge in [0.15, 0.2) is 5.79 Å². The van der Waals surface area contributed by atoms with Crippen LogP contribution in [0.15, 0.2) is 0 Å². The van der Waals surface area contributed by atoms with Gasteiger partial charge in [-0.1, -0.05) is 27.7 Å². The van der Waals surface area contributed by atoms with Crippen LogP contribution in [0.4, 0.5) is 0 Å². The molecule has 1 heterocycles. The lowest BCUT2D eigenvalue weighted by Gasteiger charge is -2.47. The fourth-order valence-corrected chi connectivity index (χ4v) is 2.24. The first kappa shape index (κ1) is 12.0. The molecule has 0 N–H and O–H groups in total. The quantitative estimate of drug-likeness (QED) is 0.691. The van der Waals surface area contributed by atoms with Crippen molar-refractivity contribution in [2.24, 2.45) is 0 Å². The van der Waals surface area contributed by atoms with E-state index in [4.69, 9.17) is 9.47 Å². The smallest absolute Gasteiger partial charge is 0.168 e. The van der Waals surface area contributed by atoms with Gasteiger partial charge in [-0.15, -0.1) is 0 Å². The lowest BCUT2D eigenvalue weighted by atomic mass is 9.91. The minimum absolute atomic E-state index is 0.0737. The molecule has 0 amide bonds. The highest BCUT2D eigenvalue weighted by Gasteiger charge is 2.42. The van der Waals surface area contributed by atoms with Crippen LogP contribution in [0.1, 0.15) is 59.8 Å². The van der Waals surface area contributed by atoms with Crippen LogP contribution in [0.25, 0.3) is 0 Å². The van der Waals surface area contributed by atoms with Gasteiger partial charge in [0.25, 0.3) is 0 Å². The summed E-state index contributed by atoms with van der Waals surface area (Å²) in [4.78, 5) is 0. The van der Waals surface area contributed by atoms with E-state index in [-0.39, 0.29) is 11.4 Å². The van der Waals surface area contributed by atoms with Crippen molar-refractivity contribution in [3.8, 4) is 0 Å². The number of hydrogen-bond donors (Lipinski definition) is 0. The van der Waals surface area contributed by atoms with Crippen molar-refractivity contribution in [2.75, 3.05) is 6.61 Å². The first-order valence-corrected chi connectivity index (χ1v) is 6.00. The average Bonchev–Trinajstić information content (AvgIpc) is 2.29. The third kappa shape index (κ3) is 2.12. The average molecular weight is 200 g/mol. The van der Waals surface area contributed by atoms with Crippen molar-refractivity contribution in [3.63, 3.8) is 0 Å². The molecule has 2 nitrogen and oxygen atoms in total. The number of ether oxygens (including phenoxy) is 2. The first-order chi connectivity index (χ1) is 6.66. The van der Waals surface area contributed by atoms with Gasteiger partial charge in [0.05, 0.1) is 12.2 Å². The molecule has 1 saturated heterocycles. The van der Waals surface area contributed by atoms with Gasteiger partial charge in [-0.3, -0.25) is 0 Å². The van der Waals surface area contributed by atoms with Gasteiger partial charge in [0.1, 0.15) is 0 Å². The number of rotatable bonds is 4. The Hall–Kier alpha value is -0.0800. The normalized spacial score (nSPS) is 24.9. The van der Waals surface area contributed by atoms with Crippen LogP contribution < -0.4 is 0 Å². The van der Waals surface area contributed by atoms with Crippen molar-refractivity contribution in [3.05, 3.63) is 0 Å². The van der Waals surface area contributed by atoms with Gasteiger partial charge in [-0.05, 0) is 32.1 Å². The molecule has 1 fully saturated rings. The van der Waals surface area contributed by atoms with E-state index in [0.29, 0.717) is 0 Å². The van der Waals surface area contributed by atoms with Gasteiger partial charge in [0, 0.05) is 0 Å². The standard InChI is InChI=1S/C12H24O2/c1-5-11(6-2)9-10-13-12(7-3,8-4)14-11/h5-10H2,1-4H3. The monoisotopic (exact) mass is 200 g/mol. The Balaban J connectivity index is 2.75. The molecule has 0 atom stereocenters. The summed E-state index contributed by atoms with van der Waals surface area (Å²) < 4.78 is 12.0. The van der Waals surface area contributed by atoms with Gasteiger partial charge in [-0.2, -0.15) is 0 Å². The summed E-state index contributed by atoms with van der Waals surface area (Å²) in [7, 11) is 0. The van der Waals surface area contributed by atoms with Gasteiger partial charge < -0.3 is 9.47 Å². The zero-order chi connectivity index (χ0) is 10.7. The fraction of sp³-hybridized carbons (Fsp3) is 1.00. The highest BCUT2D eigenvalue weighted by Crippen LogP contribution is 2.38. The van der Waals surface area contributed by atoms with Crippen molar-refractivity contribution in [2.45, 2.75) is 71.2 Å². The Morgan fingerprint density at radius 3 is 1.93 bits per heavy atom. The molecule has 14 heavy (non-hydrogen) atoms. The predicted octanol–water partition coefficient (Wildman–Crippen LogP) is 3.50. The first-order valence-electron chi connectivity index (χ1n) is 6.00. The molecule has 0 bridgehead atoms. The summed E-state index contributed by atoms with van der Waals surface area (Å²) in [6, 6.07) is 0. The van der Waals surface area contributed by atoms with E-state index in [0.717, 1.165) is 38.7 Å². The summed E-state index contributed by atoms with van der Waals surface area (Å²) >= 11 is 0. The zero-order valence-electron chi connectivity index (χ0n) is 10.1. The highest BCUT2D eigenvalue weighted by atomic mass is 16.7. The second-order valence-corrected chi connectivity index (χ2v) is 4.21. The summed E-state index contributed by atoms with van der Waals surface area (Å²) in [5.41, 5.74) is 0.0737. The van der Waals surface area contributed by atoms with E-state index in [2.05, 4.69) is 27.7 Å². The largest absolute Gasteiger partial charge is 0.350 e. The van der Waals surface area contributed by atoms with Crippen LogP contribution in [0.3, 0.4) is 0 Å². The lowest BCUT2D eigenvalue weighted by molar-refractivity contribution is -0.331. The Labute approximate surface area is 88.0 Å². The van der Waals surface area contributed by atoms with E-state index in [1.165, 1.54) is 0 Å². The molecule has 1 aliphatic heterocycles. The maximum atomic E-state index is 6.24. The molecule has 0 aromatic rings. The number of hydrogen-bond acceptors (Lipinski definition) is 2. The summed E-state index contributed by atoms with van der Waals surface area (Å²) in [6.45, 7) is 9.56.